The standard InChI is InChI=1S/C12H10BrClN2O/c13-8-3-1-2-4-11(8)17-12-6-5-9(14)10(7-15)16-12/h1-6H,7,15H2. The van der Waals surface area contributed by atoms with Crippen LogP contribution in [-0.2, 0) is 6.54 Å². The summed E-state index contributed by atoms with van der Waals surface area (Å²) in [7, 11) is 0. The van der Waals surface area contributed by atoms with Crippen LogP contribution in [0, 0.1) is 0 Å². The second kappa shape index (κ2) is 5.49. The van der Waals surface area contributed by atoms with Gasteiger partial charge in [0.2, 0.25) is 5.88 Å². The summed E-state index contributed by atoms with van der Waals surface area (Å²) in [5, 5.41) is 0.548. The number of para-hydroxylation sites is 1. The molecule has 1 heterocycles. The molecule has 0 atom stereocenters. The molecule has 2 aromatic rings. The molecule has 0 spiro atoms. The molecule has 0 amide bonds. The predicted molar refractivity (Wildman–Crippen MR) is 71.4 cm³/mol. The Bertz CT molecular complexity index is 534. The van der Waals surface area contributed by atoms with Gasteiger partial charge in [0, 0.05) is 12.6 Å². The van der Waals surface area contributed by atoms with E-state index in [0.29, 0.717) is 22.3 Å². The van der Waals surface area contributed by atoms with E-state index < -0.39 is 0 Å². The molecule has 0 radical (unpaired) electrons. The zero-order chi connectivity index (χ0) is 12.3. The Labute approximate surface area is 113 Å². The van der Waals surface area contributed by atoms with Gasteiger partial charge in [-0.15, -0.1) is 0 Å². The summed E-state index contributed by atoms with van der Waals surface area (Å²) in [4.78, 5) is 4.23. The molecule has 88 valence electrons. The maximum Gasteiger partial charge on any atom is 0.219 e. The highest BCUT2D eigenvalue weighted by Crippen LogP contribution is 2.29. The van der Waals surface area contributed by atoms with Crippen LogP contribution in [0.25, 0.3) is 0 Å². The zero-order valence-corrected chi connectivity index (χ0v) is 11.2. The summed E-state index contributed by atoms with van der Waals surface area (Å²) in [6.07, 6.45) is 0. The molecular formula is C12H10BrClN2O. The van der Waals surface area contributed by atoms with Crippen LogP contribution in [0.4, 0.5) is 0 Å². The molecule has 1 aromatic heterocycles. The molecule has 0 bridgehead atoms. The van der Waals surface area contributed by atoms with Crippen molar-refractivity contribution in [1.29, 1.82) is 0 Å². The van der Waals surface area contributed by atoms with Crippen LogP contribution in [0.1, 0.15) is 5.69 Å². The number of pyridine rings is 1. The van der Waals surface area contributed by atoms with Crippen molar-refractivity contribution in [2.45, 2.75) is 6.54 Å². The maximum atomic E-state index is 5.92. The Morgan fingerprint density at radius 1 is 1.24 bits per heavy atom. The normalized spacial score (nSPS) is 10.3. The fourth-order valence-corrected chi connectivity index (χ4v) is 1.85. The molecule has 0 saturated heterocycles. The number of nitrogens with two attached hydrogens (primary N) is 1. The SMILES string of the molecule is NCc1nc(Oc2ccccc2Br)ccc1Cl. The molecule has 0 aliphatic rings. The van der Waals surface area contributed by atoms with Crippen LogP contribution in [0.2, 0.25) is 5.02 Å². The minimum absolute atomic E-state index is 0.284. The summed E-state index contributed by atoms with van der Waals surface area (Å²) in [5.74, 6) is 1.17. The highest BCUT2D eigenvalue weighted by Gasteiger charge is 2.06. The number of rotatable bonds is 3. The number of halogens is 2. The Kier molecular flexibility index (Phi) is 3.99. The van der Waals surface area contributed by atoms with Crippen LogP contribution in [-0.4, -0.2) is 4.98 Å². The van der Waals surface area contributed by atoms with E-state index in [4.69, 9.17) is 22.1 Å². The zero-order valence-electron chi connectivity index (χ0n) is 8.86. The molecule has 3 nitrogen and oxygen atoms in total. The van der Waals surface area contributed by atoms with Gasteiger partial charge in [0.15, 0.2) is 0 Å². The Morgan fingerprint density at radius 2 is 2.00 bits per heavy atom. The van der Waals surface area contributed by atoms with Crippen molar-refractivity contribution < 1.29 is 4.74 Å². The Morgan fingerprint density at radius 3 is 2.71 bits per heavy atom. The molecule has 0 saturated carbocycles. The highest BCUT2D eigenvalue weighted by molar-refractivity contribution is 9.10. The minimum Gasteiger partial charge on any atom is -0.438 e. The Balaban J connectivity index is 2.28. The average Bonchev–Trinajstić information content (AvgIpc) is 2.34. The lowest BCUT2D eigenvalue weighted by molar-refractivity contribution is 0.458. The van der Waals surface area contributed by atoms with E-state index in [1.165, 1.54) is 0 Å². The molecule has 0 unspecified atom stereocenters. The van der Waals surface area contributed by atoms with Gasteiger partial charge < -0.3 is 10.5 Å². The van der Waals surface area contributed by atoms with Crippen LogP contribution in [0.15, 0.2) is 40.9 Å². The first kappa shape index (κ1) is 12.4. The van der Waals surface area contributed by atoms with Gasteiger partial charge in [-0.1, -0.05) is 23.7 Å². The van der Waals surface area contributed by atoms with Gasteiger partial charge in [-0.2, -0.15) is 0 Å². The van der Waals surface area contributed by atoms with Gasteiger partial charge in [-0.05, 0) is 34.1 Å². The van der Waals surface area contributed by atoms with Gasteiger partial charge in [0.25, 0.3) is 0 Å². The number of nitrogens with zero attached hydrogens (tertiary/aromatic N) is 1. The van der Waals surface area contributed by atoms with Gasteiger partial charge in [0.1, 0.15) is 5.75 Å². The van der Waals surface area contributed by atoms with Gasteiger partial charge in [-0.3, -0.25) is 0 Å². The molecule has 1 aromatic carbocycles. The van der Waals surface area contributed by atoms with Crippen LogP contribution < -0.4 is 10.5 Å². The van der Waals surface area contributed by atoms with E-state index >= 15 is 0 Å². The number of ether oxygens (including phenoxy) is 1. The van der Waals surface area contributed by atoms with E-state index in [9.17, 15) is 0 Å². The number of aromatic nitrogens is 1. The maximum absolute atomic E-state index is 5.92. The smallest absolute Gasteiger partial charge is 0.219 e. The monoisotopic (exact) mass is 312 g/mol. The summed E-state index contributed by atoms with van der Waals surface area (Å²) in [6.45, 7) is 0.284. The van der Waals surface area contributed by atoms with Crippen molar-refractivity contribution in [2.24, 2.45) is 5.73 Å². The largest absolute Gasteiger partial charge is 0.438 e. The van der Waals surface area contributed by atoms with Crippen molar-refractivity contribution in [3.05, 3.63) is 51.6 Å². The molecule has 5 heteroatoms. The number of hydrogen-bond acceptors (Lipinski definition) is 3. The minimum atomic E-state index is 0.284. The van der Waals surface area contributed by atoms with E-state index in [1.54, 1.807) is 12.1 Å². The van der Waals surface area contributed by atoms with Gasteiger partial charge in [-0.25, -0.2) is 4.98 Å². The molecule has 0 aliphatic carbocycles. The molecule has 17 heavy (non-hydrogen) atoms. The molecule has 2 rings (SSSR count). The van der Waals surface area contributed by atoms with Crippen LogP contribution in [0.5, 0.6) is 11.6 Å². The predicted octanol–water partition coefficient (Wildman–Crippen LogP) is 3.75. The molecule has 0 fully saturated rings. The summed E-state index contributed by atoms with van der Waals surface area (Å²) >= 11 is 9.32. The lowest BCUT2D eigenvalue weighted by Gasteiger charge is -2.08. The van der Waals surface area contributed by atoms with Crippen molar-refractivity contribution in [3.8, 4) is 11.6 Å². The quantitative estimate of drug-likeness (QED) is 0.939. The Hall–Kier alpha value is -1.10. The van der Waals surface area contributed by atoms with E-state index in [-0.39, 0.29) is 6.54 Å². The fourth-order valence-electron chi connectivity index (χ4n) is 1.30. The first-order chi connectivity index (χ1) is 8.20. The number of benzene rings is 1. The van der Waals surface area contributed by atoms with Crippen molar-refractivity contribution in [2.75, 3.05) is 0 Å². The fraction of sp³-hybridized carbons (Fsp3) is 0.0833. The van der Waals surface area contributed by atoms with E-state index in [2.05, 4.69) is 20.9 Å². The second-order valence-corrected chi connectivity index (χ2v) is 4.58. The lowest BCUT2D eigenvalue weighted by atomic mass is 10.3. The average molecular weight is 314 g/mol. The summed E-state index contributed by atoms with van der Waals surface area (Å²) < 4.78 is 6.50. The van der Waals surface area contributed by atoms with Gasteiger partial charge in [0.05, 0.1) is 15.2 Å². The summed E-state index contributed by atoms with van der Waals surface area (Å²) in [6, 6.07) is 11.0. The highest BCUT2D eigenvalue weighted by atomic mass is 79.9. The third-order valence-electron chi connectivity index (χ3n) is 2.14. The summed E-state index contributed by atoms with van der Waals surface area (Å²) in [5.41, 5.74) is 6.15. The first-order valence-corrected chi connectivity index (χ1v) is 6.15. The van der Waals surface area contributed by atoms with Gasteiger partial charge >= 0.3 is 0 Å². The second-order valence-electron chi connectivity index (χ2n) is 3.31. The third kappa shape index (κ3) is 2.97. The molecule has 0 aliphatic heterocycles. The van der Waals surface area contributed by atoms with Crippen molar-refractivity contribution in [3.63, 3.8) is 0 Å². The lowest BCUT2D eigenvalue weighted by Crippen LogP contribution is -2.01. The molecule has 2 N–H and O–H groups in total. The molecular weight excluding hydrogens is 304 g/mol. The topological polar surface area (TPSA) is 48.1 Å². The van der Waals surface area contributed by atoms with Crippen LogP contribution >= 0.6 is 27.5 Å². The van der Waals surface area contributed by atoms with E-state index in [0.717, 1.165) is 4.47 Å². The first-order valence-electron chi connectivity index (χ1n) is 4.98. The van der Waals surface area contributed by atoms with Crippen molar-refractivity contribution in [1.82, 2.24) is 4.98 Å². The van der Waals surface area contributed by atoms with E-state index in [1.807, 2.05) is 24.3 Å². The van der Waals surface area contributed by atoms with Crippen LogP contribution in [0.3, 0.4) is 0 Å². The van der Waals surface area contributed by atoms with Crippen molar-refractivity contribution >= 4 is 27.5 Å². The number of hydrogen-bond donors (Lipinski definition) is 1. The third-order valence-corrected chi connectivity index (χ3v) is 3.14.